The number of nitro groups is 1. The number of benzene rings is 13. The number of aryl methyl sites for hydroxylation is 8. The summed E-state index contributed by atoms with van der Waals surface area (Å²) in [6.07, 6.45) is 3.46. The molecule has 0 spiro atoms. The number of rotatable bonds is 27. The number of nitrogens with zero attached hydrogens (tertiary/aromatic N) is 25. The average molecular weight is 2090 g/mol. The molecule has 0 saturated carbocycles. The van der Waals surface area contributed by atoms with Gasteiger partial charge in [-0.15, -0.1) is 0 Å². The lowest BCUT2D eigenvalue weighted by Crippen LogP contribution is -2.36. The SMILES string of the molecule is CC(O)C[n+]1ccsc1N=Nc1c(-c2ccccc2)n(C)c2ccccc12.CCN(CC)c1ccc(N=Nc2sc3cc(C)ccc3[n+]2C)cc1.CCN(CC)c1ccc(N=Nc2sc3cc(CO)ccc3[n+]2C)cc1.CN(N=Nc1sc2ccccc2[n+]1C)c1ccc([N+](=O)[O-])cc1.CN(c1ccccc1)c1ccc(N=Nc2scc[n+]2C)cc1.Cn1c(-c2ccccc2)c(N=Nc2sc3ccccc3[n+]2C)c2ccccc21. The third-order valence-corrected chi connectivity index (χ3v) is 30.8. The number of thiazole rings is 6. The van der Waals surface area contributed by atoms with Crippen LogP contribution in [-0.4, -0.2) is 70.6 Å². The Bertz CT molecular complexity index is 8310. The summed E-state index contributed by atoms with van der Waals surface area (Å²) < 4.78 is 21.1. The van der Waals surface area contributed by atoms with Crippen LogP contribution in [0.15, 0.2) is 406 Å². The van der Waals surface area contributed by atoms with Crippen LogP contribution in [0.5, 0.6) is 0 Å². The molecule has 0 aliphatic rings. The van der Waals surface area contributed by atoms with Gasteiger partial charge in [0.05, 0.1) is 131 Å². The Morgan fingerprint density at radius 2 is 0.765 bits per heavy atom. The van der Waals surface area contributed by atoms with E-state index in [9.17, 15) is 20.3 Å². The number of nitro benzene ring substituents is 1. The van der Waals surface area contributed by atoms with Crippen molar-refractivity contribution in [3.8, 4) is 22.5 Å². The molecule has 1 atom stereocenters. The highest BCUT2D eigenvalue weighted by molar-refractivity contribution is 7.22. The zero-order chi connectivity index (χ0) is 105. The van der Waals surface area contributed by atoms with Crippen LogP contribution >= 0.6 is 68.0 Å². The highest BCUT2D eigenvalue weighted by Gasteiger charge is 2.26. The second-order valence-electron chi connectivity index (χ2n) is 34.7. The van der Waals surface area contributed by atoms with Crippen molar-refractivity contribution in [1.82, 2.24) is 9.13 Å². The normalized spacial score (nSPS) is 11.7. The number of hydrogen-bond donors (Lipinski definition) is 2. The Morgan fingerprint density at radius 3 is 1.21 bits per heavy atom. The van der Waals surface area contributed by atoms with E-state index in [0.29, 0.717) is 6.54 Å². The maximum Gasteiger partial charge on any atom is 0.411 e. The number of fused-ring (bicyclic) bond motifs is 6. The van der Waals surface area contributed by atoms with Crippen LogP contribution in [0.1, 0.15) is 45.7 Å². The predicted octanol–water partition coefficient (Wildman–Crippen LogP) is 29.6. The van der Waals surface area contributed by atoms with Gasteiger partial charge in [-0.2, -0.15) is 0 Å². The number of para-hydroxylation sites is 5. The number of aliphatic hydroxyl groups is 2. The molecule has 0 fully saturated rings. The number of non-ortho nitro benzene ring substituents is 1. The summed E-state index contributed by atoms with van der Waals surface area (Å²) >= 11 is 9.52. The van der Waals surface area contributed by atoms with Crippen molar-refractivity contribution in [2.75, 3.05) is 60.0 Å². The van der Waals surface area contributed by atoms with Gasteiger partial charge in [0, 0.05) is 122 Å². The van der Waals surface area contributed by atoms with Gasteiger partial charge < -0.3 is 34.0 Å². The molecule has 0 amide bonds. The quantitative estimate of drug-likeness (QED) is 0.0216. The lowest BCUT2D eigenvalue weighted by Gasteiger charge is -2.20. The summed E-state index contributed by atoms with van der Waals surface area (Å²) in [7, 11) is 17.9. The predicted molar refractivity (Wildman–Crippen MR) is 609 cm³/mol. The van der Waals surface area contributed by atoms with Crippen molar-refractivity contribution in [3.05, 3.63) is 366 Å². The molecule has 8 aromatic heterocycles. The van der Waals surface area contributed by atoms with E-state index in [4.69, 9.17) is 5.11 Å². The molecule has 752 valence electrons. The van der Waals surface area contributed by atoms with Gasteiger partial charge in [-0.3, -0.25) is 10.1 Å². The van der Waals surface area contributed by atoms with E-state index in [0.717, 1.165) is 173 Å². The number of aromatic nitrogens is 8. The van der Waals surface area contributed by atoms with E-state index < -0.39 is 11.0 Å². The van der Waals surface area contributed by atoms with Gasteiger partial charge in [0.1, 0.15) is 74.6 Å². The van der Waals surface area contributed by atoms with Crippen LogP contribution in [0.25, 0.3) is 85.2 Å². The van der Waals surface area contributed by atoms with Crippen molar-refractivity contribution in [2.24, 2.45) is 111 Å². The second kappa shape index (κ2) is 50.3. The molecule has 21 rings (SSSR count). The highest BCUT2D eigenvalue weighted by Crippen LogP contribution is 2.44. The van der Waals surface area contributed by atoms with Crippen LogP contribution < -0.4 is 47.1 Å². The Kier molecular flexibility index (Phi) is 35.7. The highest BCUT2D eigenvalue weighted by atomic mass is 32.1. The van der Waals surface area contributed by atoms with Crippen LogP contribution in [0.3, 0.4) is 0 Å². The van der Waals surface area contributed by atoms with Crippen LogP contribution in [0.2, 0.25) is 0 Å². The van der Waals surface area contributed by atoms with Gasteiger partial charge in [0.15, 0.2) is 0 Å². The molecule has 21 aromatic rings. The second-order valence-corrected chi connectivity index (χ2v) is 40.5. The van der Waals surface area contributed by atoms with Crippen LogP contribution in [-0.2, 0) is 62.5 Å². The van der Waals surface area contributed by atoms with Gasteiger partial charge in [0.25, 0.3) is 5.69 Å². The molecule has 0 radical (unpaired) electrons. The topological polar surface area (TPSA) is 278 Å². The molecule has 2 N–H and O–H groups in total. The van der Waals surface area contributed by atoms with Crippen molar-refractivity contribution in [3.63, 3.8) is 0 Å². The molecule has 149 heavy (non-hydrogen) atoms. The van der Waals surface area contributed by atoms with Gasteiger partial charge in [-0.25, -0.2) is 32.4 Å². The lowest BCUT2D eigenvalue weighted by atomic mass is 10.1. The number of aliphatic hydroxyl groups excluding tert-OH is 2. The van der Waals surface area contributed by atoms with Crippen molar-refractivity contribution >= 4 is 224 Å². The zero-order valence-corrected chi connectivity index (χ0v) is 90.5. The third-order valence-electron chi connectivity index (χ3n) is 24.8. The summed E-state index contributed by atoms with van der Waals surface area (Å²) in [6, 6.07) is 107. The Labute approximate surface area is 889 Å². The fourth-order valence-corrected chi connectivity index (χ4v) is 22.1. The molecule has 0 aliphatic heterocycles. The molecule has 35 heteroatoms. The minimum atomic E-state index is -0.434. The average Bonchev–Trinajstić information content (AvgIpc) is 1.61. The van der Waals surface area contributed by atoms with Gasteiger partial charge in [-0.1, -0.05) is 152 Å². The Balaban J connectivity index is 0.000000128. The van der Waals surface area contributed by atoms with E-state index >= 15 is 0 Å². The monoisotopic (exact) mass is 2090 g/mol. The Hall–Kier alpha value is -16.1. The third kappa shape index (κ3) is 25.8. The molecular formula is C114H117N25O4S6+6. The lowest BCUT2D eigenvalue weighted by molar-refractivity contribution is -0.686. The molecule has 8 heterocycles. The summed E-state index contributed by atoms with van der Waals surface area (Å²) in [5.41, 5.74) is 23.1. The summed E-state index contributed by atoms with van der Waals surface area (Å²) in [4.78, 5) is 17.0. The van der Waals surface area contributed by atoms with Crippen LogP contribution in [0, 0.1) is 17.0 Å². The summed E-state index contributed by atoms with van der Waals surface area (Å²) in [6.45, 7) is 17.1. The molecule has 29 nitrogen and oxygen atoms in total. The van der Waals surface area contributed by atoms with Gasteiger partial charge in [0.2, 0.25) is 0 Å². The maximum absolute atomic E-state index is 10.7. The molecule has 0 aliphatic carbocycles. The van der Waals surface area contributed by atoms with Gasteiger partial charge in [-0.05, 0) is 304 Å². The number of anilines is 5. The van der Waals surface area contributed by atoms with E-state index in [1.54, 1.807) is 87.8 Å². The van der Waals surface area contributed by atoms with E-state index in [1.807, 2.05) is 216 Å². The largest absolute Gasteiger partial charge is 0.411 e. The molecular weight excluding hydrogens is 1980 g/mol. The maximum atomic E-state index is 10.7. The first-order valence-electron chi connectivity index (χ1n) is 48.5. The van der Waals surface area contributed by atoms with Crippen molar-refractivity contribution in [1.29, 1.82) is 0 Å². The minimum Gasteiger partial charge on any atom is -0.392 e. The first-order valence-corrected chi connectivity index (χ1v) is 53.6. The first-order chi connectivity index (χ1) is 72.5. The fourth-order valence-electron chi connectivity index (χ4n) is 16.7. The fraction of sp³-hybridized carbons (Fsp3) is 0.193. The molecule has 13 aromatic carbocycles. The summed E-state index contributed by atoms with van der Waals surface area (Å²) in [5, 5.41) is 95.6. The molecule has 0 saturated heterocycles. The van der Waals surface area contributed by atoms with Crippen molar-refractivity contribution < 1.29 is 42.5 Å². The standard InChI is InChI=1S/C23H19N4S.C21H21N4OS.C19H23N4OS.C19H23N4S.C17H17N4S.C15H14N5O2S/c1-26-18-13-7-6-12-17(18)21(22(26)16-10-4-3-5-11-16)24-25-23-27(2)19-14-8-9-15-20(19)28-23;1-15(26)14-25-12-13-27-21(25)23-22-19-17-10-6-7-11-18(17)24(2)20(19)16-8-4-3-5-9-16;1-4-23(5-2)16-9-7-15(8-10-16)20-21-19-22(3)17-11-6-14(13-24)12-18(17)25-19;1-5-23(6-2)16-10-8-15(9-11-16)20-21-19-22(4)17-12-7-14(3)13-18(17)24-19;1-20-12-13-22-17(20)19-18-14-8-10-16(11-9-14)21(2)15-6-4-3-5-7-15;1-18-13-5-3-4-6-14(13)23-15(18)16-17-19(2)11-7-9-12(10-8-11)20(21)22/h3-15H,1-2H3;3-13,15,26H,14H2,1-2H3;6-12,24H,4-5,13H2,1-3H3;7-13H,5-6H2,1-4H3;3-13H,1-2H3;3-10H,1-2H3/q6*+1. The summed E-state index contributed by atoms with van der Waals surface area (Å²) in [5.74, 6) is 0. The zero-order valence-electron chi connectivity index (χ0n) is 85.6. The van der Waals surface area contributed by atoms with Gasteiger partial charge >= 0.3 is 30.8 Å². The van der Waals surface area contributed by atoms with E-state index in [2.05, 4.69) is 303 Å². The van der Waals surface area contributed by atoms with Crippen molar-refractivity contribution in [2.45, 2.75) is 60.8 Å². The minimum absolute atomic E-state index is 0.0489. The smallest absolute Gasteiger partial charge is 0.392 e. The van der Waals surface area contributed by atoms with Crippen LogP contribution in [0.4, 0.5) is 93.4 Å². The number of azo groups is 5. The first kappa shape index (κ1) is 106. The van der Waals surface area contributed by atoms with E-state index in [1.165, 1.54) is 60.8 Å². The Morgan fingerprint density at radius 1 is 0.389 bits per heavy atom. The number of hydrogen-bond acceptors (Lipinski definition) is 25. The molecule has 1 unspecified atom stereocenters. The van der Waals surface area contributed by atoms with E-state index in [-0.39, 0.29) is 12.3 Å². The molecule has 0 bridgehead atoms.